The van der Waals surface area contributed by atoms with E-state index in [1.165, 1.54) is 6.92 Å². The van der Waals surface area contributed by atoms with Crippen LogP contribution in [0.5, 0.6) is 5.75 Å². The summed E-state index contributed by atoms with van der Waals surface area (Å²) in [6.45, 7) is 3.99. The van der Waals surface area contributed by atoms with Crippen LogP contribution in [0.3, 0.4) is 0 Å². The number of carbonyl (C=O) groups excluding carboxylic acids is 2. The van der Waals surface area contributed by atoms with Crippen LogP contribution in [0.4, 0.5) is 5.69 Å². The first-order chi connectivity index (χ1) is 11.5. The molecule has 2 amide bonds. The number of hydrogen-bond acceptors (Lipinski definition) is 3. The van der Waals surface area contributed by atoms with Crippen molar-refractivity contribution >= 4 is 17.5 Å². The van der Waals surface area contributed by atoms with Crippen LogP contribution in [0.2, 0.25) is 0 Å². The van der Waals surface area contributed by atoms with E-state index in [-0.39, 0.29) is 11.8 Å². The second-order valence-corrected chi connectivity index (χ2v) is 5.58. The Bertz CT molecular complexity index is 724. The zero-order chi connectivity index (χ0) is 17.5. The van der Waals surface area contributed by atoms with Crippen molar-refractivity contribution in [3.63, 3.8) is 0 Å². The number of rotatable bonds is 6. The van der Waals surface area contributed by atoms with Crippen molar-refractivity contribution < 1.29 is 14.3 Å². The summed E-state index contributed by atoms with van der Waals surface area (Å²) in [5, 5.41) is 5.57. The second-order valence-electron chi connectivity index (χ2n) is 5.58. The quantitative estimate of drug-likeness (QED) is 0.857. The van der Waals surface area contributed by atoms with E-state index >= 15 is 0 Å². The van der Waals surface area contributed by atoms with E-state index in [1.807, 2.05) is 19.1 Å². The molecule has 0 heterocycles. The zero-order valence-corrected chi connectivity index (χ0v) is 14.2. The van der Waals surface area contributed by atoms with Crippen LogP contribution in [0, 0.1) is 6.92 Å². The third-order valence-corrected chi connectivity index (χ3v) is 3.58. The molecule has 2 aromatic carbocycles. The molecule has 0 unspecified atom stereocenters. The number of ether oxygens (including phenoxy) is 1. The van der Waals surface area contributed by atoms with Crippen LogP contribution >= 0.6 is 0 Å². The molecule has 5 nitrogen and oxygen atoms in total. The Labute approximate surface area is 142 Å². The Morgan fingerprint density at radius 1 is 1.08 bits per heavy atom. The molecule has 126 valence electrons. The maximum atomic E-state index is 12.2. The average Bonchev–Trinajstić information content (AvgIpc) is 2.55. The Kier molecular flexibility index (Phi) is 5.95. The van der Waals surface area contributed by atoms with Gasteiger partial charge >= 0.3 is 0 Å². The molecule has 2 aromatic rings. The van der Waals surface area contributed by atoms with Gasteiger partial charge in [0.15, 0.2) is 0 Å². The standard InChI is InChI=1S/C19H22N2O3/c1-13-4-9-18(24-3)16(12-13)10-11-20-19(23)15-5-7-17(8-6-15)21-14(2)22/h4-9,12H,10-11H2,1-3H3,(H,20,23)(H,21,22). The van der Waals surface area contributed by atoms with Crippen molar-refractivity contribution in [2.24, 2.45) is 0 Å². The lowest BCUT2D eigenvalue weighted by atomic mass is 10.1. The number of aryl methyl sites for hydroxylation is 1. The third kappa shape index (κ3) is 4.84. The SMILES string of the molecule is COc1ccc(C)cc1CCNC(=O)c1ccc(NC(C)=O)cc1. The summed E-state index contributed by atoms with van der Waals surface area (Å²) in [4.78, 5) is 23.1. The fourth-order valence-electron chi connectivity index (χ4n) is 2.42. The van der Waals surface area contributed by atoms with Gasteiger partial charge in [-0.15, -0.1) is 0 Å². The largest absolute Gasteiger partial charge is 0.496 e. The van der Waals surface area contributed by atoms with Gasteiger partial charge in [-0.2, -0.15) is 0 Å². The van der Waals surface area contributed by atoms with Crippen LogP contribution < -0.4 is 15.4 Å². The summed E-state index contributed by atoms with van der Waals surface area (Å²) < 4.78 is 5.34. The number of carbonyl (C=O) groups is 2. The minimum Gasteiger partial charge on any atom is -0.496 e. The van der Waals surface area contributed by atoms with Gasteiger partial charge in [0.2, 0.25) is 5.91 Å². The van der Waals surface area contributed by atoms with E-state index in [4.69, 9.17) is 4.74 Å². The van der Waals surface area contributed by atoms with Crippen molar-refractivity contribution in [1.29, 1.82) is 0 Å². The number of hydrogen-bond donors (Lipinski definition) is 2. The fourth-order valence-corrected chi connectivity index (χ4v) is 2.42. The number of methoxy groups -OCH3 is 1. The first-order valence-corrected chi connectivity index (χ1v) is 7.79. The van der Waals surface area contributed by atoms with E-state index in [2.05, 4.69) is 16.7 Å². The average molecular weight is 326 g/mol. The summed E-state index contributed by atoms with van der Waals surface area (Å²) in [6, 6.07) is 12.8. The maximum absolute atomic E-state index is 12.2. The molecule has 0 aliphatic carbocycles. The Balaban J connectivity index is 1.91. The molecule has 0 saturated heterocycles. The lowest BCUT2D eigenvalue weighted by Gasteiger charge is -2.10. The predicted molar refractivity (Wildman–Crippen MR) is 94.5 cm³/mol. The van der Waals surface area contributed by atoms with Gasteiger partial charge in [0.05, 0.1) is 7.11 Å². The molecular weight excluding hydrogens is 304 g/mol. The molecule has 5 heteroatoms. The third-order valence-electron chi connectivity index (χ3n) is 3.58. The molecule has 0 aliphatic rings. The highest BCUT2D eigenvalue weighted by Gasteiger charge is 2.07. The Morgan fingerprint density at radius 3 is 2.42 bits per heavy atom. The summed E-state index contributed by atoms with van der Waals surface area (Å²) in [6.07, 6.45) is 0.695. The molecule has 0 spiro atoms. The highest BCUT2D eigenvalue weighted by Crippen LogP contribution is 2.19. The predicted octanol–water partition coefficient (Wildman–Crippen LogP) is 2.93. The van der Waals surface area contributed by atoms with E-state index < -0.39 is 0 Å². The molecule has 24 heavy (non-hydrogen) atoms. The number of anilines is 1. The number of benzene rings is 2. The minimum absolute atomic E-state index is 0.140. The van der Waals surface area contributed by atoms with Crippen LogP contribution in [-0.2, 0) is 11.2 Å². The van der Waals surface area contributed by atoms with Crippen molar-refractivity contribution in [1.82, 2.24) is 5.32 Å². The van der Waals surface area contributed by atoms with Gasteiger partial charge in [-0.05, 0) is 49.2 Å². The van der Waals surface area contributed by atoms with Gasteiger partial charge in [0, 0.05) is 24.7 Å². The molecule has 2 N–H and O–H groups in total. The molecule has 0 saturated carbocycles. The molecule has 0 bridgehead atoms. The van der Waals surface area contributed by atoms with Gasteiger partial charge in [-0.25, -0.2) is 0 Å². The van der Waals surface area contributed by atoms with E-state index in [0.29, 0.717) is 24.2 Å². The Hall–Kier alpha value is -2.82. The minimum atomic E-state index is -0.143. The molecule has 0 atom stereocenters. The first-order valence-electron chi connectivity index (χ1n) is 7.79. The zero-order valence-electron chi connectivity index (χ0n) is 14.2. The number of amides is 2. The summed E-state index contributed by atoms with van der Waals surface area (Å²) in [5.74, 6) is 0.546. The van der Waals surface area contributed by atoms with Crippen molar-refractivity contribution in [2.45, 2.75) is 20.3 Å². The van der Waals surface area contributed by atoms with Gasteiger partial charge in [-0.1, -0.05) is 17.7 Å². The second kappa shape index (κ2) is 8.15. The topological polar surface area (TPSA) is 67.4 Å². The molecule has 0 aliphatic heterocycles. The maximum Gasteiger partial charge on any atom is 0.251 e. The summed E-state index contributed by atoms with van der Waals surface area (Å²) in [7, 11) is 1.64. The molecule has 0 aromatic heterocycles. The lowest BCUT2D eigenvalue weighted by Crippen LogP contribution is -2.25. The molecule has 0 radical (unpaired) electrons. The fraction of sp³-hybridized carbons (Fsp3) is 0.263. The summed E-state index contributed by atoms with van der Waals surface area (Å²) in [5.41, 5.74) is 3.45. The van der Waals surface area contributed by atoms with Gasteiger partial charge < -0.3 is 15.4 Å². The normalized spacial score (nSPS) is 10.1. The van der Waals surface area contributed by atoms with Crippen molar-refractivity contribution in [3.8, 4) is 5.75 Å². The van der Waals surface area contributed by atoms with E-state index in [0.717, 1.165) is 16.9 Å². The molecule has 2 rings (SSSR count). The van der Waals surface area contributed by atoms with Crippen LogP contribution in [0.1, 0.15) is 28.4 Å². The summed E-state index contributed by atoms with van der Waals surface area (Å²) >= 11 is 0. The highest BCUT2D eigenvalue weighted by atomic mass is 16.5. The van der Waals surface area contributed by atoms with Crippen molar-refractivity contribution in [3.05, 3.63) is 59.2 Å². The first kappa shape index (κ1) is 17.5. The van der Waals surface area contributed by atoms with E-state index in [9.17, 15) is 9.59 Å². The van der Waals surface area contributed by atoms with Gasteiger partial charge in [-0.3, -0.25) is 9.59 Å². The molecule has 0 fully saturated rings. The van der Waals surface area contributed by atoms with Crippen LogP contribution in [-0.4, -0.2) is 25.5 Å². The number of nitrogens with one attached hydrogen (secondary N) is 2. The molecular formula is C19H22N2O3. The van der Waals surface area contributed by atoms with Crippen LogP contribution in [0.25, 0.3) is 0 Å². The van der Waals surface area contributed by atoms with Crippen LogP contribution in [0.15, 0.2) is 42.5 Å². The van der Waals surface area contributed by atoms with Gasteiger partial charge in [0.1, 0.15) is 5.75 Å². The lowest BCUT2D eigenvalue weighted by molar-refractivity contribution is -0.114. The van der Waals surface area contributed by atoms with Gasteiger partial charge in [0.25, 0.3) is 5.91 Å². The monoisotopic (exact) mass is 326 g/mol. The smallest absolute Gasteiger partial charge is 0.251 e. The highest BCUT2D eigenvalue weighted by molar-refractivity contribution is 5.95. The van der Waals surface area contributed by atoms with Crippen molar-refractivity contribution in [2.75, 3.05) is 19.0 Å². The van der Waals surface area contributed by atoms with E-state index in [1.54, 1.807) is 31.4 Å². The Morgan fingerprint density at radius 2 is 1.79 bits per heavy atom.